The first-order chi connectivity index (χ1) is 13.6. The minimum absolute atomic E-state index is 0.0227. The highest BCUT2D eigenvalue weighted by atomic mass is 32.2. The molecule has 150 valence electrons. The highest BCUT2D eigenvalue weighted by Gasteiger charge is 2.19. The van der Waals surface area contributed by atoms with Crippen LogP contribution in [-0.2, 0) is 0 Å². The van der Waals surface area contributed by atoms with Crippen molar-refractivity contribution < 1.29 is 9.53 Å². The van der Waals surface area contributed by atoms with Crippen LogP contribution in [-0.4, -0.2) is 50.5 Å². The van der Waals surface area contributed by atoms with Gasteiger partial charge in [0.1, 0.15) is 5.75 Å². The van der Waals surface area contributed by atoms with Crippen molar-refractivity contribution in [3.8, 4) is 5.75 Å². The quantitative estimate of drug-likeness (QED) is 0.780. The van der Waals surface area contributed by atoms with Gasteiger partial charge in [0, 0.05) is 42.8 Å². The van der Waals surface area contributed by atoms with Crippen LogP contribution in [0.15, 0.2) is 48.5 Å². The fraction of sp³-hybridized carbons (Fsp3) is 0.409. The van der Waals surface area contributed by atoms with Gasteiger partial charge in [0.05, 0.1) is 7.11 Å². The smallest absolute Gasteiger partial charge is 0.321 e. The Morgan fingerprint density at radius 1 is 1.11 bits per heavy atom. The molecular weight excluding hydrogens is 370 g/mol. The van der Waals surface area contributed by atoms with Gasteiger partial charge in [-0.05, 0) is 61.6 Å². The van der Waals surface area contributed by atoms with E-state index in [1.807, 2.05) is 29.2 Å². The number of nitrogens with one attached hydrogen (secondary N) is 1. The zero-order valence-corrected chi connectivity index (χ0v) is 17.7. The highest BCUT2D eigenvalue weighted by Crippen LogP contribution is 2.27. The van der Waals surface area contributed by atoms with Crippen LogP contribution in [0.4, 0.5) is 16.2 Å². The number of thioether (sulfide) groups is 1. The fourth-order valence-electron chi connectivity index (χ4n) is 3.38. The molecule has 0 aromatic heterocycles. The van der Waals surface area contributed by atoms with Crippen molar-refractivity contribution in [2.75, 3.05) is 49.8 Å². The number of benzene rings is 2. The summed E-state index contributed by atoms with van der Waals surface area (Å²) in [5, 5.41) is 3.48. The molecule has 1 aliphatic rings. The Labute approximate surface area is 172 Å². The first-order valence-electron chi connectivity index (χ1n) is 9.68. The summed E-state index contributed by atoms with van der Waals surface area (Å²) in [7, 11) is 1.68. The second-order valence-corrected chi connectivity index (χ2v) is 8.14. The van der Waals surface area contributed by atoms with E-state index in [4.69, 9.17) is 4.74 Å². The summed E-state index contributed by atoms with van der Waals surface area (Å²) in [6.45, 7) is 5.41. The Morgan fingerprint density at radius 2 is 1.89 bits per heavy atom. The number of methoxy groups -OCH3 is 1. The van der Waals surface area contributed by atoms with Crippen LogP contribution in [0.2, 0.25) is 0 Å². The predicted octanol–water partition coefficient (Wildman–Crippen LogP) is 4.86. The summed E-state index contributed by atoms with van der Waals surface area (Å²) in [5.41, 5.74) is 3.26. The average Bonchev–Trinajstić information content (AvgIpc) is 3.00. The van der Waals surface area contributed by atoms with Crippen molar-refractivity contribution >= 4 is 29.2 Å². The van der Waals surface area contributed by atoms with Gasteiger partial charge < -0.3 is 19.9 Å². The van der Waals surface area contributed by atoms with E-state index in [1.165, 1.54) is 11.3 Å². The van der Waals surface area contributed by atoms with E-state index in [1.54, 1.807) is 18.9 Å². The molecule has 3 rings (SSSR count). The Kier molecular flexibility index (Phi) is 7.09. The van der Waals surface area contributed by atoms with E-state index in [2.05, 4.69) is 47.7 Å². The summed E-state index contributed by atoms with van der Waals surface area (Å²) >= 11 is 1.80. The zero-order chi connectivity index (χ0) is 19.9. The minimum Gasteiger partial charge on any atom is -0.497 e. The van der Waals surface area contributed by atoms with Gasteiger partial charge in [-0.1, -0.05) is 12.1 Å². The molecule has 0 aliphatic carbocycles. The maximum atomic E-state index is 12.8. The molecule has 1 fully saturated rings. The molecule has 0 spiro atoms. The summed E-state index contributed by atoms with van der Waals surface area (Å²) in [6, 6.07) is 16.2. The van der Waals surface area contributed by atoms with Crippen LogP contribution in [0.1, 0.15) is 24.2 Å². The van der Waals surface area contributed by atoms with Gasteiger partial charge in [-0.15, -0.1) is 0 Å². The van der Waals surface area contributed by atoms with Gasteiger partial charge in [0.15, 0.2) is 0 Å². The van der Waals surface area contributed by atoms with Gasteiger partial charge in [0.25, 0.3) is 0 Å². The SMILES string of the molecule is COc1ccc(N2CCCN(C(=O)Nc3cccc([C@@H](C)SC)c3)CC2)cc1. The Morgan fingerprint density at radius 3 is 2.61 bits per heavy atom. The third-order valence-corrected chi connectivity index (χ3v) is 6.16. The average molecular weight is 400 g/mol. The summed E-state index contributed by atoms with van der Waals surface area (Å²) in [5.74, 6) is 0.859. The molecule has 1 N–H and O–H groups in total. The van der Waals surface area contributed by atoms with E-state index in [9.17, 15) is 4.79 Å². The van der Waals surface area contributed by atoms with Gasteiger partial charge in [-0.2, -0.15) is 11.8 Å². The van der Waals surface area contributed by atoms with Gasteiger partial charge in [-0.25, -0.2) is 4.79 Å². The molecular formula is C22H29N3O2S. The van der Waals surface area contributed by atoms with Gasteiger partial charge in [-0.3, -0.25) is 0 Å². The van der Waals surface area contributed by atoms with Gasteiger partial charge >= 0.3 is 6.03 Å². The number of hydrogen-bond donors (Lipinski definition) is 1. The zero-order valence-electron chi connectivity index (χ0n) is 16.9. The molecule has 0 bridgehead atoms. The van der Waals surface area contributed by atoms with Crippen molar-refractivity contribution in [1.29, 1.82) is 0 Å². The fourth-order valence-corrected chi connectivity index (χ4v) is 3.80. The third-order valence-electron chi connectivity index (χ3n) is 5.18. The standard InChI is InChI=1S/C22H29N3O2S/c1-17(28-3)18-6-4-7-19(16-18)23-22(26)25-13-5-12-24(14-15-25)20-8-10-21(27-2)11-9-20/h4,6-11,16-17H,5,12-15H2,1-3H3,(H,23,26)/t17-/m1/s1. The Bertz CT molecular complexity index is 782. The highest BCUT2D eigenvalue weighted by molar-refractivity contribution is 7.98. The molecule has 2 aromatic carbocycles. The molecule has 0 radical (unpaired) electrons. The van der Waals surface area contributed by atoms with E-state index in [0.29, 0.717) is 11.8 Å². The summed E-state index contributed by atoms with van der Waals surface area (Å²) in [6.07, 6.45) is 3.05. The van der Waals surface area contributed by atoms with E-state index in [-0.39, 0.29) is 6.03 Å². The number of hydrogen-bond acceptors (Lipinski definition) is 4. The molecule has 1 atom stereocenters. The molecule has 1 heterocycles. The van der Waals surface area contributed by atoms with Crippen molar-refractivity contribution in [2.45, 2.75) is 18.6 Å². The summed E-state index contributed by atoms with van der Waals surface area (Å²) in [4.78, 5) is 17.0. The number of rotatable bonds is 5. The van der Waals surface area contributed by atoms with E-state index < -0.39 is 0 Å². The normalized spacial score (nSPS) is 15.7. The lowest BCUT2D eigenvalue weighted by Crippen LogP contribution is -2.38. The lowest BCUT2D eigenvalue weighted by molar-refractivity contribution is 0.215. The van der Waals surface area contributed by atoms with E-state index in [0.717, 1.165) is 37.5 Å². The van der Waals surface area contributed by atoms with Crippen molar-refractivity contribution in [3.05, 3.63) is 54.1 Å². The number of carbonyl (C=O) groups is 1. The Hall–Kier alpha value is -2.34. The topological polar surface area (TPSA) is 44.8 Å². The number of anilines is 2. The molecule has 5 nitrogen and oxygen atoms in total. The molecule has 2 amide bonds. The van der Waals surface area contributed by atoms with Crippen LogP contribution in [0, 0.1) is 0 Å². The molecule has 1 saturated heterocycles. The molecule has 2 aromatic rings. The lowest BCUT2D eigenvalue weighted by atomic mass is 10.1. The third kappa shape index (κ3) is 5.13. The van der Waals surface area contributed by atoms with Crippen molar-refractivity contribution in [3.63, 3.8) is 0 Å². The van der Waals surface area contributed by atoms with Gasteiger partial charge in [0.2, 0.25) is 0 Å². The number of ether oxygens (including phenoxy) is 1. The number of carbonyl (C=O) groups excluding carboxylic acids is 1. The minimum atomic E-state index is -0.0227. The first-order valence-corrected chi connectivity index (χ1v) is 11.0. The first kappa shape index (κ1) is 20.4. The van der Waals surface area contributed by atoms with Crippen molar-refractivity contribution in [2.24, 2.45) is 0 Å². The Balaban J connectivity index is 1.59. The maximum Gasteiger partial charge on any atom is 0.321 e. The number of urea groups is 1. The van der Waals surface area contributed by atoms with Crippen LogP contribution in [0.3, 0.4) is 0 Å². The maximum absolute atomic E-state index is 12.8. The van der Waals surface area contributed by atoms with Crippen LogP contribution >= 0.6 is 11.8 Å². The predicted molar refractivity (Wildman–Crippen MR) is 119 cm³/mol. The largest absolute Gasteiger partial charge is 0.497 e. The molecule has 28 heavy (non-hydrogen) atoms. The summed E-state index contributed by atoms with van der Waals surface area (Å²) < 4.78 is 5.24. The van der Waals surface area contributed by atoms with Crippen LogP contribution < -0.4 is 15.0 Å². The van der Waals surface area contributed by atoms with E-state index >= 15 is 0 Å². The molecule has 6 heteroatoms. The molecule has 0 unspecified atom stereocenters. The number of nitrogens with zero attached hydrogens (tertiary/aromatic N) is 2. The number of amides is 2. The van der Waals surface area contributed by atoms with Crippen LogP contribution in [0.5, 0.6) is 5.75 Å². The second kappa shape index (κ2) is 9.73. The van der Waals surface area contributed by atoms with Crippen LogP contribution in [0.25, 0.3) is 0 Å². The lowest BCUT2D eigenvalue weighted by Gasteiger charge is -2.24. The molecule has 0 saturated carbocycles. The monoisotopic (exact) mass is 399 g/mol. The van der Waals surface area contributed by atoms with Crippen molar-refractivity contribution in [1.82, 2.24) is 4.90 Å². The molecule has 1 aliphatic heterocycles. The second-order valence-electron chi connectivity index (χ2n) is 6.96.